The highest BCUT2D eigenvalue weighted by atomic mass is 32.2. The molecular formula is C16H10N2O3S. The highest BCUT2D eigenvalue weighted by Crippen LogP contribution is 2.31. The van der Waals surface area contributed by atoms with Gasteiger partial charge in [0.15, 0.2) is 0 Å². The maximum absolute atomic E-state index is 11.6. The lowest BCUT2D eigenvalue weighted by atomic mass is 10.1. The van der Waals surface area contributed by atoms with Gasteiger partial charge in [-0.3, -0.25) is 19.9 Å². The molecule has 2 amide bonds. The number of aromatic nitrogens is 1. The molecule has 0 radical (unpaired) electrons. The molecule has 3 heterocycles. The SMILES string of the molecule is Cc1ccc2c(c1)ncc1cc(/C=C3\SC(=O)NC3=O)oc12. The molecule has 0 saturated carbocycles. The van der Waals surface area contributed by atoms with Crippen LogP contribution in [0.5, 0.6) is 0 Å². The van der Waals surface area contributed by atoms with Crippen molar-refractivity contribution in [3.8, 4) is 0 Å². The fourth-order valence-corrected chi connectivity index (χ4v) is 3.09. The van der Waals surface area contributed by atoms with Crippen molar-refractivity contribution in [1.29, 1.82) is 0 Å². The summed E-state index contributed by atoms with van der Waals surface area (Å²) in [4.78, 5) is 27.5. The fourth-order valence-electron chi connectivity index (χ4n) is 2.43. The van der Waals surface area contributed by atoms with Crippen molar-refractivity contribution in [2.75, 3.05) is 0 Å². The number of hydrogen-bond donors (Lipinski definition) is 1. The van der Waals surface area contributed by atoms with Gasteiger partial charge in [0.25, 0.3) is 11.1 Å². The van der Waals surface area contributed by atoms with Crippen LogP contribution in [0.3, 0.4) is 0 Å². The summed E-state index contributed by atoms with van der Waals surface area (Å²) >= 11 is 0.870. The van der Waals surface area contributed by atoms with E-state index in [0.717, 1.165) is 39.2 Å². The van der Waals surface area contributed by atoms with Crippen LogP contribution in [0.2, 0.25) is 0 Å². The monoisotopic (exact) mass is 310 g/mol. The van der Waals surface area contributed by atoms with Gasteiger partial charge in [0.1, 0.15) is 11.3 Å². The Bertz CT molecular complexity index is 988. The zero-order valence-electron chi connectivity index (χ0n) is 11.5. The Labute approximate surface area is 129 Å². The van der Waals surface area contributed by atoms with Crippen molar-refractivity contribution < 1.29 is 14.0 Å². The number of aryl methyl sites for hydroxylation is 1. The van der Waals surface area contributed by atoms with Gasteiger partial charge in [-0.1, -0.05) is 6.07 Å². The van der Waals surface area contributed by atoms with E-state index in [9.17, 15) is 9.59 Å². The third kappa shape index (κ3) is 2.08. The van der Waals surface area contributed by atoms with Gasteiger partial charge in [-0.15, -0.1) is 0 Å². The molecule has 5 nitrogen and oxygen atoms in total. The molecule has 3 aromatic rings. The summed E-state index contributed by atoms with van der Waals surface area (Å²) in [6, 6.07) is 7.78. The van der Waals surface area contributed by atoms with E-state index in [1.165, 1.54) is 0 Å². The van der Waals surface area contributed by atoms with Gasteiger partial charge in [0, 0.05) is 23.0 Å². The minimum Gasteiger partial charge on any atom is -0.456 e. The van der Waals surface area contributed by atoms with Crippen molar-refractivity contribution in [1.82, 2.24) is 10.3 Å². The van der Waals surface area contributed by atoms with Crippen LogP contribution in [0.1, 0.15) is 11.3 Å². The molecule has 2 aromatic heterocycles. The Hall–Kier alpha value is -2.60. The van der Waals surface area contributed by atoms with Crippen LogP contribution >= 0.6 is 11.8 Å². The largest absolute Gasteiger partial charge is 0.456 e. The average molecular weight is 310 g/mol. The maximum Gasteiger partial charge on any atom is 0.290 e. The number of carbonyl (C=O) groups excluding carboxylic acids is 2. The van der Waals surface area contributed by atoms with Crippen LogP contribution in [0.25, 0.3) is 27.9 Å². The number of hydrogen-bond acceptors (Lipinski definition) is 5. The van der Waals surface area contributed by atoms with Crippen molar-refractivity contribution in [3.63, 3.8) is 0 Å². The molecule has 1 aliphatic rings. The van der Waals surface area contributed by atoms with E-state index in [1.54, 1.807) is 12.3 Å². The summed E-state index contributed by atoms with van der Waals surface area (Å²) < 4.78 is 5.85. The van der Waals surface area contributed by atoms with Gasteiger partial charge < -0.3 is 4.42 Å². The van der Waals surface area contributed by atoms with Crippen LogP contribution in [0.15, 0.2) is 39.8 Å². The smallest absolute Gasteiger partial charge is 0.290 e. The molecule has 0 bridgehead atoms. The first kappa shape index (κ1) is 13.1. The van der Waals surface area contributed by atoms with Gasteiger partial charge in [0.05, 0.1) is 10.4 Å². The van der Waals surface area contributed by atoms with Gasteiger partial charge >= 0.3 is 0 Å². The number of benzene rings is 1. The highest BCUT2D eigenvalue weighted by Gasteiger charge is 2.25. The third-order valence-corrected chi connectivity index (χ3v) is 4.25. The molecule has 0 unspecified atom stereocenters. The number of carbonyl (C=O) groups is 2. The van der Waals surface area contributed by atoms with Crippen LogP contribution in [-0.2, 0) is 4.79 Å². The first-order valence-electron chi connectivity index (χ1n) is 6.64. The number of nitrogens with one attached hydrogen (secondary N) is 1. The summed E-state index contributed by atoms with van der Waals surface area (Å²) in [5.41, 5.74) is 2.72. The normalized spacial score (nSPS) is 16.9. The van der Waals surface area contributed by atoms with Crippen molar-refractivity contribution >= 4 is 50.9 Å². The van der Waals surface area contributed by atoms with E-state index < -0.39 is 5.91 Å². The van der Waals surface area contributed by atoms with Gasteiger partial charge in [-0.2, -0.15) is 0 Å². The summed E-state index contributed by atoms with van der Waals surface area (Å²) in [5, 5.41) is 3.64. The van der Waals surface area contributed by atoms with E-state index in [0.29, 0.717) is 10.7 Å². The lowest BCUT2D eigenvalue weighted by Crippen LogP contribution is -2.17. The Morgan fingerprint density at radius 3 is 2.91 bits per heavy atom. The molecular weight excluding hydrogens is 300 g/mol. The molecule has 1 aromatic carbocycles. The number of rotatable bonds is 1. The predicted octanol–water partition coefficient (Wildman–Crippen LogP) is 3.61. The quantitative estimate of drug-likeness (QED) is 0.695. The molecule has 108 valence electrons. The number of amides is 2. The van der Waals surface area contributed by atoms with E-state index in [4.69, 9.17) is 4.42 Å². The highest BCUT2D eigenvalue weighted by molar-refractivity contribution is 8.18. The maximum atomic E-state index is 11.6. The minimum absolute atomic E-state index is 0.331. The standard InChI is InChI=1S/C16H10N2O3S/c1-8-2-3-11-12(4-8)17-7-9-5-10(21-14(9)11)6-13-15(19)18-16(20)22-13/h2-7H,1H3,(H,18,19,20)/b13-6-. The number of fused-ring (bicyclic) bond motifs is 3. The van der Waals surface area contributed by atoms with E-state index in [-0.39, 0.29) is 5.24 Å². The second-order valence-corrected chi connectivity index (χ2v) is 6.08. The molecule has 0 spiro atoms. The third-order valence-electron chi connectivity index (χ3n) is 3.44. The first-order valence-corrected chi connectivity index (χ1v) is 7.45. The molecule has 0 atom stereocenters. The topological polar surface area (TPSA) is 72.2 Å². The fraction of sp³-hybridized carbons (Fsp3) is 0.0625. The van der Waals surface area contributed by atoms with Gasteiger partial charge in [0.2, 0.25) is 0 Å². The van der Waals surface area contributed by atoms with Crippen LogP contribution < -0.4 is 5.32 Å². The summed E-state index contributed by atoms with van der Waals surface area (Å²) in [6.07, 6.45) is 3.32. The molecule has 1 N–H and O–H groups in total. The zero-order chi connectivity index (χ0) is 15.3. The molecule has 22 heavy (non-hydrogen) atoms. The second-order valence-electron chi connectivity index (χ2n) is 5.06. The van der Waals surface area contributed by atoms with Crippen LogP contribution in [0, 0.1) is 6.92 Å². The minimum atomic E-state index is -0.394. The number of imide groups is 1. The molecule has 0 aliphatic carbocycles. The average Bonchev–Trinajstić information content (AvgIpc) is 3.01. The second kappa shape index (κ2) is 4.71. The van der Waals surface area contributed by atoms with Crippen molar-refractivity contribution in [2.45, 2.75) is 6.92 Å². The van der Waals surface area contributed by atoms with Gasteiger partial charge in [-0.05, 0) is 42.4 Å². The summed E-state index contributed by atoms with van der Waals surface area (Å²) in [6.45, 7) is 2.01. The van der Waals surface area contributed by atoms with Crippen LogP contribution in [0.4, 0.5) is 4.79 Å². The Morgan fingerprint density at radius 1 is 1.27 bits per heavy atom. The lowest BCUT2D eigenvalue weighted by Gasteiger charge is -1.98. The number of thioether (sulfide) groups is 1. The van der Waals surface area contributed by atoms with E-state index in [1.807, 2.05) is 31.2 Å². The van der Waals surface area contributed by atoms with Crippen molar-refractivity contribution in [3.05, 3.63) is 46.7 Å². The predicted molar refractivity (Wildman–Crippen MR) is 85.4 cm³/mol. The number of nitrogens with zero attached hydrogens (tertiary/aromatic N) is 1. The molecule has 4 rings (SSSR count). The van der Waals surface area contributed by atoms with Crippen LogP contribution in [-0.4, -0.2) is 16.1 Å². The lowest BCUT2D eigenvalue weighted by molar-refractivity contribution is -0.115. The van der Waals surface area contributed by atoms with Gasteiger partial charge in [-0.25, -0.2) is 0 Å². The molecule has 6 heteroatoms. The van der Waals surface area contributed by atoms with Crippen molar-refractivity contribution in [2.24, 2.45) is 0 Å². The Morgan fingerprint density at radius 2 is 2.14 bits per heavy atom. The summed E-state index contributed by atoms with van der Waals surface area (Å²) in [7, 11) is 0. The molecule has 1 saturated heterocycles. The van der Waals surface area contributed by atoms with E-state index in [2.05, 4.69) is 10.3 Å². The molecule has 1 fully saturated rings. The number of pyridine rings is 1. The Kier molecular flexibility index (Phi) is 2.80. The first-order chi connectivity index (χ1) is 10.6. The summed E-state index contributed by atoms with van der Waals surface area (Å²) in [5.74, 6) is 0.131. The van der Waals surface area contributed by atoms with E-state index >= 15 is 0 Å². The zero-order valence-corrected chi connectivity index (χ0v) is 12.4. The Balaban J connectivity index is 1.87. The number of furan rings is 1. The molecule has 1 aliphatic heterocycles.